The fourth-order valence-electron chi connectivity index (χ4n) is 1.51. The summed E-state index contributed by atoms with van der Waals surface area (Å²) in [5.41, 5.74) is 0.106. The molecule has 0 radical (unpaired) electrons. The second-order valence-electron chi connectivity index (χ2n) is 4.24. The van der Waals surface area contributed by atoms with Crippen LogP contribution in [0, 0.1) is 11.3 Å². The van der Waals surface area contributed by atoms with Gasteiger partial charge in [0.25, 0.3) is 0 Å². The molecule has 0 aliphatic carbocycles. The van der Waals surface area contributed by atoms with Crippen LogP contribution in [0.5, 0.6) is 0 Å². The van der Waals surface area contributed by atoms with Crippen LogP contribution in [0.3, 0.4) is 0 Å². The van der Waals surface area contributed by atoms with Gasteiger partial charge in [-0.1, -0.05) is 27.7 Å². The Bertz CT molecular complexity index is 167. The van der Waals surface area contributed by atoms with Crippen LogP contribution >= 0.6 is 0 Å². The second kappa shape index (κ2) is 2.50. The summed E-state index contributed by atoms with van der Waals surface area (Å²) in [6, 6.07) is 0. The summed E-state index contributed by atoms with van der Waals surface area (Å²) >= 11 is 0. The first-order valence-electron chi connectivity index (χ1n) is 4.17. The Morgan fingerprint density at radius 2 is 2.00 bits per heavy atom. The SMILES string of the molecule is CC[C@@H]1C(=O)O[C@H]1C(C)(C)C. The van der Waals surface area contributed by atoms with Crippen molar-refractivity contribution in [2.75, 3.05) is 0 Å². The minimum absolute atomic E-state index is 0.0209. The molecule has 0 unspecified atom stereocenters. The summed E-state index contributed by atoms with van der Waals surface area (Å²) in [5.74, 6) is 0.127. The zero-order valence-corrected chi connectivity index (χ0v) is 7.68. The molecular formula is C9H16O2. The molecule has 2 nitrogen and oxygen atoms in total. The first kappa shape index (κ1) is 8.57. The summed E-state index contributed by atoms with van der Waals surface area (Å²) in [4.78, 5) is 10.9. The van der Waals surface area contributed by atoms with E-state index in [4.69, 9.17) is 4.74 Å². The van der Waals surface area contributed by atoms with Gasteiger partial charge in [0.15, 0.2) is 0 Å². The van der Waals surface area contributed by atoms with E-state index < -0.39 is 0 Å². The molecule has 1 heterocycles. The fraction of sp³-hybridized carbons (Fsp3) is 0.889. The highest BCUT2D eigenvalue weighted by atomic mass is 16.6. The van der Waals surface area contributed by atoms with Crippen LogP contribution in [0.1, 0.15) is 34.1 Å². The van der Waals surface area contributed by atoms with Crippen molar-refractivity contribution in [3.63, 3.8) is 0 Å². The molecule has 0 bridgehead atoms. The normalized spacial score (nSPS) is 31.1. The largest absolute Gasteiger partial charge is 0.461 e. The maximum atomic E-state index is 10.9. The van der Waals surface area contributed by atoms with E-state index in [1.165, 1.54) is 0 Å². The van der Waals surface area contributed by atoms with Crippen LogP contribution in [0.15, 0.2) is 0 Å². The molecule has 1 aliphatic heterocycles. The molecule has 1 saturated heterocycles. The van der Waals surface area contributed by atoms with Crippen molar-refractivity contribution >= 4 is 5.97 Å². The lowest BCUT2D eigenvalue weighted by atomic mass is 9.77. The topological polar surface area (TPSA) is 26.3 Å². The van der Waals surface area contributed by atoms with Crippen molar-refractivity contribution < 1.29 is 9.53 Å². The zero-order valence-electron chi connectivity index (χ0n) is 7.68. The Morgan fingerprint density at radius 1 is 1.45 bits per heavy atom. The first-order valence-corrected chi connectivity index (χ1v) is 4.17. The summed E-state index contributed by atoms with van der Waals surface area (Å²) in [7, 11) is 0. The summed E-state index contributed by atoms with van der Waals surface area (Å²) in [6.07, 6.45) is 1.04. The monoisotopic (exact) mass is 156 g/mol. The maximum absolute atomic E-state index is 10.9. The predicted molar refractivity (Wildman–Crippen MR) is 43.1 cm³/mol. The molecule has 1 fully saturated rings. The standard InChI is InChI=1S/C9H16O2/c1-5-6-7(9(2,3)4)11-8(6)10/h6-7H,5H2,1-4H3/t6-,7+/m0/s1. The molecule has 0 aromatic carbocycles. The van der Waals surface area contributed by atoms with E-state index in [9.17, 15) is 4.79 Å². The predicted octanol–water partition coefficient (Wildman–Crippen LogP) is 1.98. The van der Waals surface area contributed by atoms with Gasteiger partial charge in [-0.25, -0.2) is 0 Å². The number of ether oxygens (including phenoxy) is 1. The fourth-order valence-corrected chi connectivity index (χ4v) is 1.51. The lowest BCUT2D eigenvalue weighted by molar-refractivity contribution is -0.198. The van der Waals surface area contributed by atoms with Gasteiger partial charge in [-0.3, -0.25) is 4.79 Å². The van der Waals surface area contributed by atoms with Gasteiger partial charge in [-0.05, 0) is 11.8 Å². The number of hydrogen-bond acceptors (Lipinski definition) is 2. The van der Waals surface area contributed by atoms with Crippen LogP contribution in [0.2, 0.25) is 0 Å². The van der Waals surface area contributed by atoms with Crippen molar-refractivity contribution in [1.29, 1.82) is 0 Å². The van der Waals surface area contributed by atoms with Crippen molar-refractivity contribution in [1.82, 2.24) is 0 Å². The number of esters is 1. The highest BCUT2D eigenvalue weighted by Gasteiger charge is 2.47. The van der Waals surface area contributed by atoms with Crippen LogP contribution in [0.4, 0.5) is 0 Å². The van der Waals surface area contributed by atoms with Crippen LogP contribution in [0.25, 0.3) is 0 Å². The molecule has 1 rings (SSSR count). The minimum Gasteiger partial charge on any atom is -0.461 e. The zero-order chi connectivity index (χ0) is 8.65. The van der Waals surface area contributed by atoms with Gasteiger partial charge in [0, 0.05) is 0 Å². The van der Waals surface area contributed by atoms with Gasteiger partial charge >= 0.3 is 5.97 Å². The third-order valence-corrected chi connectivity index (χ3v) is 2.20. The van der Waals surface area contributed by atoms with Crippen molar-refractivity contribution in [3.8, 4) is 0 Å². The van der Waals surface area contributed by atoms with Crippen molar-refractivity contribution in [2.24, 2.45) is 11.3 Å². The molecule has 0 saturated carbocycles. The third-order valence-electron chi connectivity index (χ3n) is 2.20. The molecular weight excluding hydrogens is 140 g/mol. The van der Waals surface area contributed by atoms with Crippen molar-refractivity contribution in [3.05, 3.63) is 0 Å². The quantitative estimate of drug-likeness (QED) is 0.543. The van der Waals surface area contributed by atoms with E-state index in [1.54, 1.807) is 0 Å². The molecule has 11 heavy (non-hydrogen) atoms. The number of rotatable bonds is 1. The van der Waals surface area contributed by atoms with Gasteiger partial charge in [-0.2, -0.15) is 0 Å². The highest BCUT2D eigenvalue weighted by molar-refractivity contribution is 5.78. The number of hydrogen-bond donors (Lipinski definition) is 0. The molecule has 1 aliphatic rings. The molecule has 2 atom stereocenters. The smallest absolute Gasteiger partial charge is 0.313 e. The van der Waals surface area contributed by atoms with Crippen LogP contribution in [-0.2, 0) is 9.53 Å². The first-order chi connectivity index (χ1) is 4.96. The van der Waals surface area contributed by atoms with Crippen molar-refractivity contribution in [2.45, 2.75) is 40.2 Å². The minimum atomic E-state index is -0.0209. The summed E-state index contributed by atoms with van der Waals surface area (Å²) in [6.45, 7) is 8.34. The number of carbonyl (C=O) groups is 1. The van der Waals surface area contributed by atoms with Crippen LogP contribution in [-0.4, -0.2) is 12.1 Å². The van der Waals surface area contributed by atoms with Gasteiger partial charge in [0.2, 0.25) is 0 Å². The highest BCUT2D eigenvalue weighted by Crippen LogP contribution is 2.37. The van der Waals surface area contributed by atoms with E-state index in [0.717, 1.165) is 6.42 Å². The van der Waals surface area contributed by atoms with E-state index in [-0.39, 0.29) is 23.4 Å². The Morgan fingerprint density at radius 3 is 2.18 bits per heavy atom. The second-order valence-corrected chi connectivity index (χ2v) is 4.24. The van der Waals surface area contributed by atoms with Gasteiger partial charge < -0.3 is 4.74 Å². The molecule has 0 spiro atoms. The lowest BCUT2D eigenvalue weighted by Gasteiger charge is -2.42. The Balaban J connectivity index is 2.58. The third kappa shape index (κ3) is 1.39. The van der Waals surface area contributed by atoms with Crippen LogP contribution < -0.4 is 0 Å². The van der Waals surface area contributed by atoms with E-state index >= 15 is 0 Å². The van der Waals surface area contributed by atoms with E-state index in [0.29, 0.717) is 0 Å². The Kier molecular flexibility index (Phi) is 1.95. The van der Waals surface area contributed by atoms with Gasteiger partial charge in [0.1, 0.15) is 6.10 Å². The van der Waals surface area contributed by atoms with E-state index in [2.05, 4.69) is 20.8 Å². The van der Waals surface area contributed by atoms with Gasteiger partial charge in [0.05, 0.1) is 5.92 Å². The Hall–Kier alpha value is -0.530. The molecule has 0 aromatic rings. The molecule has 0 amide bonds. The summed E-state index contributed by atoms with van der Waals surface area (Å²) < 4.78 is 5.07. The average Bonchev–Trinajstić information content (AvgIpc) is 1.81. The van der Waals surface area contributed by atoms with E-state index in [1.807, 2.05) is 6.92 Å². The lowest BCUT2D eigenvalue weighted by Crippen LogP contribution is -2.51. The number of cyclic esters (lactones) is 1. The molecule has 0 aromatic heterocycles. The molecule has 0 N–H and O–H groups in total. The Labute approximate surface area is 67.9 Å². The maximum Gasteiger partial charge on any atom is 0.313 e. The molecule has 64 valence electrons. The molecule has 2 heteroatoms. The van der Waals surface area contributed by atoms with Gasteiger partial charge in [-0.15, -0.1) is 0 Å². The number of carbonyl (C=O) groups excluding carboxylic acids is 1. The average molecular weight is 156 g/mol. The summed E-state index contributed by atoms with van der Waals surface area (Å²) in [5, 5.41) is 0.